The van der Waals surface area contributed by atoms with Gasteiger partial charge >= 0.3 is 0 Å². The van der Waals surface area contributed by atoms with E-state index in [1.165, 1.54) is 77.5 Å². The second kappa shape index (κ2) is 11.9. The molecule has 0 bridgehead atoms. The molecule has 242 valence electrons. The molecule has 2 heteroatoms. The third-order valence-electron chi connectivity index (χ3n) is 10.8. The van der Waals surface area contributed by atoms with Gasteiger partial charge in [-0.2, -0.15) is 0 Å². The standard InChI is InChI=1S/C49H36N2/c1-33-15-4-2-5-16-34-17-8-9-20-39(34)44-32-37(28-29-38(33)44)50-46-25-12-11-22-42(46)45-31-35(27-30-48(45)50)40-23-14-24-43-41-21-10-13-26-47(41)51(49(40)43)36-18-6-3-7-19-36/h2-12,14-15,17-25,27-32H,1,13,16,26H2/b5-2-,15-4-. The molecule has 2 nitrogen and oxygen atoms in total. The fourth-order valence-corrected chi connectivity index (χ4v) is 8.45. The maximum absolute atomic E-state index is 4.47. The van der Waals surface area contributed by atoms with Crippen molar-refractivity contribution in [1.29, 1.82) is 0 Å². The first-order valence-corrected chi connectivity index (χ1v) is 17.9. The van der Waals surface area contributed by atoms with Crippen molar-refractivity contribution in [1.82, 2.24) is 9.13 Å². The topological polar surface area (TPSA) is 9.86 Å². The third-order valence-corrected chi connectivity index (χ3v) is 10.8. The molecule has 0 saturated carbocycles. The Bertz CT molecular complexity index is 2780. The van der Waals surface area contributed by atoms with E-state index in [0.717, 1.165) is 36.1 Å². The summed E-state index contributed by atoms with van der Waals surface area (Å²) in [4.78, 5) is 0. The van der Waals surface area contributed by atoms with E-state index in [0.29, 0.717) is 0 Å². The monoisotopic (exact) mass is 652 g/mol. The minimum atomic E-state index is 0.883. The van der Waals surface area contributed by atoms with E-state index in [-0.39, 0.29) is 0 Å². The molecule has 2 heterocycles. The Morgan fingerprint density at radius 1 is 0.510 bits per heavy atom. The lowest BCUT2D eigenvalue weighted by Crippen LogP contribution is -2.03. The van der Waals surface area contributed by atoms with Gasteiger partial charge in [-0.25, -0.2) is 0 Å². The van der Waals surface area contributed by atoms with Gasteiger partial charge in [0.15, 0.2) is 0 Å². The van der Waals surface area contributed by atoms with Gasteiger partial charge in [-0.1, -0.05) is 134 Å². The lowest BCUT2D eigenvalue weighted by molar-refractivity contribution is 0.889. The Morgan fingerprint density at radius 2 is 1.31 bits per heavy atom. The number of para-hydroxylation sites is 3. The molecule has 0 spiro atoms. The van der Waals surface area contributed by atoms with Gasteiger partial charge in [0, 0.05) is 44.4 Å². The highest BCUT2D eigenvalue weighted by Gasteiger charge is 2.22. The Labute approximate surface area is 298 Å². The van der Waals surface area contributed by atoms with E-state index in [1.807, 2.05) is 0 Å². The van der Waals surface area contributed by atoms with E-state index in [1.54, 1.807) is 0 Å². The lowest BCUT2D eigenvalue weighted by Gasteiger charge is -2.18. The Balaban J connectivity index is 1.20. The molecule has 0 N–H and O–H groups in total. The SMILES string of the molecule is C=C1/C=C\C=C/Cc2ccccc2-c2cc(-n3c4ccccc4c4cc(-c5cccc6c7c(n(-c8ccccc8)c56)CCC=C7)ccc43)ccc21. The maximum Gasteiger partial charge on any atom is 0.0616 e. The van der Waals surface area contributed by atoms with E-state index in [9.17, 15) is 0 Å². The van der Waals surface area contributed by atoms with Gasteiger partial charge in [-0.05, 0) is 95.1 Å². The van der Waals surface area contributed by atoms with Crippen LogP contribution in [0.25, 0.3) is 78.0 Å². The molecule has 0 aliphatic heterocycles. The summed E-state index contributed by atoms with van der Waals surface area (Å²) in [7, 11) is 0. The summed E-state index contributed by atoms with van der Waals surface area (Å²) < 4.78 is 4.95. The van der Waals surface area contributed by atoms with Crippen LogP contribution in [0.3, 0.4) is 0 Å². The van der Waals surface area contributed by atoms with Gasteiger partial charge < -0.3 is 9.13 Å². The molecule has 10 rings (SSSR count). The number of nitrogens with zero attached hydrogens (tertiary/aromatic N) is 2. The first-order valence-electron chi connectivity index (χ1n) is 17.9. The average molecular weight is 653 g/mol. The van der Waals surface area contributed by atoms with Gasteiger partial charge in [0.25, 0.3) is 0 Å². The number of hydrogen-bond acceptors (Lipinski definition) is 0. The van der Waals surface area contributed by atoms with Gasteiger partial charge in [-0.3, -0.25) is 0 Å². The van der Waals surface area contributed by atoms with Gasteiger partial charge in [0.2, 0.25) is 0 Å². The fraction of sp³-hybridized carbons (Fsp3) is 0.0612. The number of hydrogen-bond donors (Lipinski definition) is 0. The molecule has 2 aromatic heterocycles. The van der Waals surface area contributed by atoms with Crippen LogP contribution in [0.2, 0.25) is 0 Å². The zero-order valence-corrected chi connectivity index (χ0v) is 28.4. The molecule has 2 aliphatic rings. The quantitative estimate of drug-likeness (QED) is 0.180. The normalized spacial score (nSPS) is 15.1. The predicted molar refractivity (Wildman–Crippen MR) is 217 cm³/mol. The van der Waals surface area contributed by atoms with Crippen molar-refractivity contribution < 1.29 is 0 Å². The first kappa shape index (κ1) is 29.5. The van der Waals surface area contributed by atoms with Gasteiger partial charge in [0.05, 0.1) is 16.6 Å². The number of fused-ring (bicyclic) bond motifs is 9. The second-order valence-corrected chi connectivity index (χ2v) is 13.7. The van der Waals surface area contributed by atoms with Crippen LogP contribution in [-0.4, -0.2) is 9.13 Å². The van der Waals surface area contributed by atoms with Crippen molar-refractivity contribution in [3.8, 4) is 33.6 Å². The zero-order chi connectivity index (χ0) is 33.9. The highest BCUT2D eigenvalue weighted by atomic mass is 15.0. The van der Waals surface area contributed by atoms with Gasteiger partial charge in [0.1, 0.15) is 0 Å². The van der Waals surface area contributed by atoms with Crippen LogP contribution in [0.1, 0.15) is 28.8 Å². The fourth-order valence-electron chi connectivity index (χ4n) is 8.45. The van der Waals surface area contributed by atoms with E-state index < -0.39 is 0 Å². The van der Waals surface area contributed by atoms with Gasteiger partial charge in [-0.15, -0.1) is 0 Å². The number of benzene rings is 6. The van der Waals surface area contributed by atoms with Crippen LogP contribution in [0.5, 0.6) is 0 Å². The summed E-state index contributed by atoms with van der Waals surface area (Å²) >= 11 is 0. The Morgan fingerprint density at radius 3 is 2.25 bits per heavy atom. The summed E-state index contributed by atoms with van der Waals surface area (Å²) in [5.74, 6) is 0. The van der Waals surface area contributed by atoms with Crippen molar-refractivity contribution in [2.24, 2.45) is 0 Å². The Hall–Kier alpha value is -6.38. The molecule has 0 radical (unpaired) electrons. The van der Waals surface area contributed by atoms with Crippen LogP contribution in [0.15, 0.2) is 170 Å². The van der Waals surface area contributed by atoms with E-state index in [4.69, 9.17) is 0 Å². The molecule has 2 aliphatic carbocycles. The first-order chi connectivity index (χ1) is 25.2. The Kier molecular flexibility index (Phi) is 6.89. The molecule has 8 aromatic rings. The molecular weight excluding hydrogens is 617 g/mol. The summed E-state index contributed by atoms with van der Waals surface area (Å²) in [6.07, 6.45) is 16.2. The zero-order valence-electron chi connectivity index (χ0n) is 28.4. The summed E-state index contributed by atoms with van der Waals surface area (Å²) in [6, 6.07) is 49.2. The van der Waals surface area contributed by atoms with Crippen LogP contribution in [0, 0.1) is 0 Å². The maximum atomic E-state index is 4.47. The van der Waals surface area contributed by atoms with Crippen LogP contribution in [-0.2, 0) is 12.8 Å². The van der Waals surface area contributed by atoms with Crippen molar-refractivity contribution in [2.45, 2.75) is 19.3 Å². The molecule has 0 saturated heterocycles. The van der Waals surface area contributed by atoms with Crippen molar-refractivity contribution in [3.63, 3.8) is 0 Å². The summed E-state index contributed by atoms with van der Waals surface area (Å²) in [6.45, 7) is 4.47. The highest BCUT2D eigenvalue weighted by molar-refractivity contribution is 6.12. The van der Waals surface area contributed by atoms with Crippen LogP contribution >= 0.6 is 0 Å². The molecule has 51 heavy (non-hydrogen) atoms. The smallest absolute Gasteiger partial charge is 0.0616 e. The van der Waals surface area contributed by atoms with Crippen LogP contribution in [0.4, 0.5) is 0 Å². The molecular formula is C49H36N2. The highest BCUT2D eigenvalue weighted by Crippen LogP contribution is 2.42. The minimum Gasteiger partial charge on any atom is -0.312 e. The lowest BCUT2D eigenvalue weighted by atomic mass is 9.90. The van der Waals surface area contributed by atoms with Crippen molar-refractivity contribution in [2.75, 3.05) is 0 Å². The molecule has 0 unspecified atom stereocenters. The number of aromatic nitrogens is 2. The molecule has 0 amide bonds. The average Bonchev–Trinajstić information content (AvgIpc) is 3.71. The molecule has 0 fully saturated rings. The second-order valence-electron chi connectivity index (χ2n) is 13.7. The number of rotatable bonds is 3. The number of allylic oxidation sites excluding steroid dienone is 6. The third kappa shape index (κ3) is 4.71. The van der Waals surface area contributed by atoms with E-state index in [2.05, 4.69) is 186 Å². The summed E-state index contributed by atoms with van der Waals surface area (Å²) in [5, 5.41) is 3.81. The van der Waals surface area contributed by atoms with Crippen LogP contribution < -0.4 is 0 Å². The van der Waals surface area contributed by atoms with E-state index >= 15 is 0 Å². The molecule has 6 aromatic carbocycles. The minimum absolute atomic E-state index is 0.883. The van der Waals surface area contributed by atoms with Crippen molar-refractivity contribution in [3.05, 3.63) is 193 Å². The molecule has 0 atom stereocenters. The predicted octanol–water partition coefficient (Wildman–Crippen LogP) is 12.7. The largest absolute Gasteiger partial charge is 0.312 e. The summed E-state index contributed by atoms with van der Waals surface area (Å²) in [5.41, 5.74) is 17.2. The van der Waals surface area contributed by atoms with Crippen molar-refractivity contribution >= 4 is 44.4 Å².